The van der Waals surface area contributed by atoms with Crippen molar-refractivity contribution in [3.8, 4) is 12.0 Å². The summed E-state index contributed by atoms with van der Waals surface area (Å²) in [5.74, 6) is 0.267. The Balaban J connectivity index is 0.846. The number of nitrogens with one attached hydrogen (secondary N) is 2. The van der Waals surface area contributed by atoms with Crippen LogP contribution in [-0.2, 0) is 40.4 Å². The predicted molar refractivity (Wildman–Crippen MR) is 197 cm³/mol. The summed E-state index contributed by atoms with van der Waals surface area (Å²) in [6.45, 7) is 8.56. The van der Waals surface area contributed by atoms with Gasteiger partial charge in [-0.25, -0.2) is 19.0 Å². The van der Waals surface area contributed by atoms with Gasteiger partial charge in [0.15, 0.2) is 22.9 Å². The van der Waals surface area contributed by atoms with Gasteiger partial charge >= 0.3 is 23.4 Å². The second-order valence-electron chi connectivity index (χ2n) is 12.4. The number of hydrogen-bond donors (Lipinski definition) is 4. The number of hydrogen-bond acceptors (Lipinski definition) is 17. The summed E-state index contributed by atoms with van der Waals surface area (Å²) < 4.78 is 34.2. The maximum atomic E-state index is 12.7. The van der Waals surface area contributed by atoms with Crippen molar-refractivity contribution in [2.75, 3.05) is 64.3 Å². The first kappa shape index (κ1) is 38.8. The molecule has 296 valence electrons. The van der Waals surface area contributed by atoms with E-state index in [4.69, 9.17) is 35.2 Å². The van der Waals surface area contributed by atoms with Crippen LogP contribution in [0, 0.1) is 0 Å². The molecule has 6 rings (SSSR count). The van der Waals surface area contributed by atoms with Crippen LogP contribution >= 0.6 is 0 Å². The minimum atomic E-state index is -0.391. The van der Waals surface area contributed by atoms with Gasteiger partial charge in [-0.15, -0.1) is 10.2 Å². The highest BCUT2D eigenvalue weighted by atomic mass is 16.5. The molecule has 6 heterocycles. The minimum Gasteiger partial charge on any atom is -0.463 e. The Kier molecular flexibility index (Phi) is 13.3. The van der Waals surface area contributed by atoms with Crippen LogP contribution in [0.5, 0.6) is 12.0 Å². The Hall–Kier alpha value is -5.94. The number of nitrogen functional groups attached to an aromatic ring is 2. The number of aromatic amines is 2. The monoisotopic (exact) mass is 766 g/mol. The summed E-state index contributed by atoms with van der Waals surface area (Å²) in [4.78, 5) is 47.7. The molecule has 0 aliphatic heterocycles. The number of rotatable bonds is 24. The number of unbranched alkanes of at least 4 members (excludes halogenated alkanes) is 2. The fourth-order valence-corrected chi connectivity index (χ4v) is 5.32. The molecule has 0 aliphatic carbocycles. The zero-order valence-electron chi connectivity index (χ0n) is 30.8. The van der Waals surface area contributed by atoms with Crippen molar-refractivity contribution in [2.45, 2.75) is 65.7 Å². The van der Waals surface area contributed by atoms with E-state index in [-0.39, 0.29) is 36.7 Å². The van der Waals surface area contributed by atoms with Crippen LogP contribution in [0.4, 0.5) is 11.6 Å². The van der Waals surface area contributed by atoms with E-state index in [9.17, 15) is 9.59 Å². The van der Waals surface area contributed by atoms with Crippen molar-refractivity contribution < 1.29 is 23.7 Å². The zero-order chi connectivity index (χ0) is 38.6. The van der Waals surface area contributed by atoms with Crippen LogP contribution in [-0.4, -0.2) is 122 Å². The third kappa shape index (κ3) is 10.2. The molecule has 0 bridgehead atoms. The van der Waals surface area contributed by atoms with Gasteiger partial charge in [0, 0.05) is 0 Å². The van der Waals surface area contributed by atoms with Gasteiger partial charge in [-0.05, 0) is 12.8 Å². The molecule has 0 saturated heterocycles. The van der Waals surface area contributed by atoms with Gasteiger partial charge in [0.25, 0.3) is 0 Å². The third-order valence-electron chi connectivity index (χ3n) is 8.20. The Morgan fingerprint density at radius 2 is 1.02 bits per heavy atom. The summed E-state index contributed by atoms with van der Waals surface area (Å²) in [6.07, 6.45) is 7.09. The van der Waals surface area contributed by atoms with Crippen molar-refractivity contribution in [1.29, 1.82) is 0 Å². The molecule has 0 atom stereocenters. The maximum absolute atomic E-state index is 12.7. The summed E-state index contributed by atoms with van der Waals surface area (Å²) in [5, 5.41) is 16.6. The fraction of sp³-hybridized carbons (Fsp3) is 0.562. The molecule has 6 N–H and O–H groups in total. The highest BCUT2D eigenvalue weighted by molar-refractivity contribution is 5.82. The van der Waals surface area contributed by atoms with Crippen molar-refractivity contribution >= 4 is 34.0 Å². The van der Waals surface area contributed by atoms with Gasteiger partial charge < -0.3 is 45.1 Å². The Morgan fingerprint density at radius 3 is 1.44 bits per heavy atom. The topological polar surface area (TPSA) is 287 Å². The second kappa shape index (κ2) is 18.9. The number of imidazole rings is 2. The van der Waals surface area contributed by atoms with Gasteiger partial charge in [-0.2, -0.15) is 19.9 Å². The largest absolute Gasteiger partial charge is 0.463 e. The lowest BCUT2D eigenvalue weighted by Crippen LogP contribution is -2.18. The molecular formula is C32H46N16O7. The lowest BCUT2D eigenvalue weighted by Gasteiger charge is -2.07. The van der Waals surface area contributed by atoms with E-state index in [1.54, 1.807) is 21.8 Å². The van der Waals surface area contributed by atoms with Crippen LogP contribution in [0.3, 0.4) is 0 Å². The molecule has 23 heteroatoms. The van der Waals surface area contributed by atoms with Gasteiger partial charge in [0.1, 0.15) is 22.4 Å². The van der Waals surface area contributed by atoms with E-state index in [1.165, 1.54) is 9.13 Å². The number of anilines is 2. The first-order chi connectivity index (χ1) is 26.8. The maximum Gasteiger partial charge on any atom is 0.328 e. The molecule has 55 heavy (non-hydrogen) atoms. The minimum absolute atomic E-state index is 0.118. The van der Waals surface area contributed by atoms with E-state index in [0.29, 0.717) is 99.7 Å². The summed E-state index contributed by atoms with van der Waals surface area (Å²) >= 11 is 0. The van der Waals surface area contributed by atoms with Crippen LogP contribution in [0.1, 0.15) is 50.9 Å². The molecule has 0 radical (unpaired) electrons. The molecule has 0 unspecified atom stereocenters. The summed E-state index contributed by atoms with van der Waals surface area (Å²) in [5.41, 5.74) is 13.8. The molecule has 0 fully saturated rings. The molecule has 0 aromatic carbocycles. The smallest absolute Gasteiger partial charge is 0.328 e. The average molecular weight is 767 g/mol. The molecule has 0 spiro atoms. The zero-order valence-corrected chi connectivity index (χ0v) is 30.8. The van der Waals surface area contributed by atoms with E-state index in [2.05, 4.69) is 64.4 Å². The van der Waals surface area contributed by atoms with Crippen molar-refractivity contribution in [3.63, 3.8) is 0 Å². The predicted octanol–water partition coefficient (Wildman–Crippen LogP) is 0.104. The molecule has 23 nitrogen and oxygen atoms in total. The lowest BCUT2D eigenvalue weighted by atomic mass is 10.4. The van der Waals surface area contributed by atoms with Crippen molar-refractivity contribution in [3.05, 3.63) is 44.8 Å². The lowest BCUT2D eigenvalue weighted by molar-refractivity contribution is 0.0110. The number of fused-ring (bicyclic) bond motifs is 2. The normalized spacial score (nSPS) is 11.7. The average Bonchev–Trinajstić information content (AvgIpc) is 3.95. The quantitative estimate of drug-likeness (QED) is 0.0594. The molecule has 6 aromatic heterocycles. The number of nitrogens with two attached hydrogens (primary N) is 2. The fourth-order valence-electron chi connectivity index (χ4n) is 5.32. The van der Waals surface area contributed by atoms with Crippen LogP contribution < -0.4 is 32.3 Å². The first-order valence-electron chi connectivity index (χ1n) is 18.1. The van der Waals surface area contributed by atoms with Gasteiger partial charge in [0.2, 0.25) is 0 Å². The van der Waals surface area contributed by atoms with E-state index >= 15 is 0 Å². The van der Waals surface area contributed by atoms with Crippen LogP contribution in [0.25, 0.3) is 22.3 Å². The van der Waals surface area contributed by atoms with Gasteiger partial charge in [-0.1, -0.05) is 37.1 Å². The van der Waals surface area contributed by atoms with Gasteiger partial charge in [0.05, 0.1) is 91.4 Å². The SMILES string of the molecule is CCCCOc1nc(N)c2[nH]c(=O)n(Cc3cn(CCOCCOCCOCCn4cc(Cn5c(=O)[nH]c6c(N)nc(OCCCC)nc65)nn4)nn3)c2n1. The van der Waals surface area contributed by atoms with Crippen LogP contribution in [0.15, 0.2) is 22.0 Å². The van der Waals surface area contributed by atoms with E-state index in [1.807, 2.05) is 0 Å². The van der Waals surface area contributed by atoms with E-state index < -0.39 is 11.4 Å². The Labute approximate surface area is 313 Å². The second-order valence-corrected chi connectivity index (χ2v) is 12.4. The highest BCUT2D eigenvalue weighted by Crippen LogP contribution is 2.20. The first-order valence-corrected chi connectivity index (χ1v) is 18.1. The van der Waals surface area contributed by atoms with Gasteiger partial charge in [-0.3, -0.25) is 9.13 Å². The summed E-state index contributed by atoms with van der Waals surface area (Å²) in [6, 6.07) is 0.237. The number of nitrogens with zero attached hydrogens (tertiary/aromatic N) is 12. The van der Waals surface area contributed by atoms with Crippen molar-refractivity contribution in [1.82, 2.24) is 69.0 Å². The molecule has 0 amide bonds. The van der Waals surface area contributed by atoms with E-state index in [0.717, 1.165) is 25.7 Å². The summed E-state index contributed by atoms with van der Waals surface area (Å²) in [7, 11) is 0. The molecule has 6 aromatic rings. The number of aromatic nitrogens is 14. The standard InChI is InChI=1S/C32H46N16O7/c1-3-5-9-54-29-37-25(33)23-27(39-29)47(31(49)35-23)19-21-17-45(43-41-21)7-11-51-13-15-53-16-14-52-12-8-46-18-22(42-44-46)20-48-28-24(36-32(48)50)26(34)38-30(40-28)55-10-6-4-2/h17-18H,3-16,19-20H2,1-2H3,(H,35,49)(H,36,50)(H2,33,37,39)(H2,34,38,40). The number of H-pyrrole nitrogens is 2. The van der Waals surface area contributed by atoms with Crippen molar-refractivity contribution in [2.24, 2.45) is 0 Å². The number of ether oxygens (including phenoxy) is 5. The Bertz CT molecular complexity index is 2100. The Morgan fingerprint density at radius 1 is 0.600 bits per heavy atom. The third-order valence-corrected chi connectivity index (χ3v) is 8.20. The molecule has 0 aliphatic rings. The molecular weight excluding hydrogens is 720 g/mol. The highest BCUT2D eigenvalue weighted by Gasteiger charge is 2.18. The molecule has 0 saturated carbocycles. The van der Waals surface area contributed by atoms with Crippen LogP contribution in [0.2, 0.25) is 0 Å².